The van der Waals surface area contributed by atoms with Crippen LogP contribution in [0.2, 0.25) is 0 Å². The Balaban J connectivity index is 2.21. The van der Waals surface area contributed by atoms with Crippen LogP contribution in [0.4, 0.5) is 0 Å². The lowest BCUT2D eigenvalue weighted by Crippen LogP contribution is -2.29. The highest BCUT2D eigenvalue weighted by Crippen LogP contribution is 2.24. The third-order valence-electron chi connectivity index (χ3n) is 3.11. The molecular formula is C10H17N3O2S. The molecule has 0 saturated carbocycles. The maximum atomic E-state index is 12.2. The Bertz CT molecular complexity index is 466. The van der Waals surface area contributed by atoms with Crippen molar-refractivity contribution < 1.29 is 8.42 Å². The topological polar surface area (TPSA) is 55.2 Å². The Hall–Kier alpha value is -0.880. The summed E-state index contributed by atoms with van der Waals surface area (Å²) in [5.41, 5.74) is 0. The zero-order valence-electron chi connectivity index (χ0n) is 9.63. The summed E-state index contributed by atoms with van der Waals surface area (Å²) in [5, 5.41) is 0.159. The molecule has 90 valence electrons. The second kappa shape index (κ2) is 4.18. The molecule has 2 heterocycles. The molecule has 1 saturated heterocycles. The number of aryl methyl sites for hydroxylation is 1. The van der Waals surface area contributed by atoms with Gasteiger partial charge < -0.3 is 4.57 Å². The van der Waals surface area contributed by atoms with Crippen LogP contribution >= 0.6 is 0 Å². The Kier molecular flexibility index (Phi) is 3.03. The second-order valence-electron chi connectivity index (χ2n) is 4.30. The van der Waals surface area contributed by atoms with E-state index in [1.807, 2.05) is 0 Å². The molecule has 6 heteroatoms. The molecule has 5 nitrogen and oxygen atoms in total. The molecule has 0 N–H and O–H groups in total. The van der Waals surface area contributed by atoms with E-state index in [2.05, 4.69) is 11.9 Å². The third-order valence-corrected chi connectivity index (χ3v) is 4.86. The van der Waals surface area contributed by atoms with Crippen LogP contribution in [0.3, 0.4) is 0 Å². The van der Waals surface area contributed by atoms with Crippen LogP contribution in [-0.4, -0.2) is 35.4 Å². The normalized spacial score (nSPS) is 22.8. The molecule has 1 aliphatic rings. The van der Waals surface area contributed by atoms with E-state index in [1.165, 1.54) is 6.33 Å². The first-order valence-electron chi connectivity index (χ1n) is 5.52. The molecular weight excluding hydrogens is 226 g/mol. The Labute approximate surface area is 96.1 Å². The van der Waals surface area contributed by atoms with Crippen LogP contribution in [-0.2, 0) is 17.1 Å². The van der Waals surface area contributed by atoms with Gasteiger partial charge in [-0.2, -0.15) is 4.31 Å². The summed E-state index contributed by atoms with van der Waals surface area (Å²) in [7, 11) is -1.59. The van der Waals surface area contributed by atoms with Gasteiger partial charge in [-0.25, -0.2) is 13.4 Å². The number of sulfonamides is 1. The molecule has 16 heavy (non-hydrogen) atoms. The fraction of sp³-hybridized carbons (Fsp3) is 0.700. The van der Waals surface area contributed by atoms with Crippen molar-refractivity contribution in [1.29, 1.82) is 0 Å². The fourth-order valence-corrected chi connectivity index (χ4v) is 3.50. The number of rotatable bonds is 3. The molecule has 0 radical (unpaired) electrons. The number of imidazole rings is 1. The molecule has 1 atom stereocenters. The van der Waals surface area contributed by atoms with Crippen LogP contribution in [0.1, 0.15) is 19.8 Å². The molecule has 0 amide bonds. The lowest BCUT2D eigenvalue weighted by Gasteiger charge is -2.14. The van der Waals surface area contributed by atoms with Crippen molar-refractivity contribution in [3.63, 3.8) is 0 Å². The van der Waals surface area contributed by atoms with Gasteiger partial charge in [0.2, 0.25) is 0 Å². The van der Waals surface area contributed by atoms with E-state index in [0.29, 0.717) is 19.0 Å². The Morgan fingerprint density at radius 1 is 1.56 bits per heavy atom. The molecule has 0 aromatic carbocycles. The largest absolute Gasteiger partial charge is 0.339 e. The van der Waals surface area contributed by atoms with Crippen molar-refractivity contribution in [1.82, 2.24) is 13.9 Å². The monoisotopic (exact) mass is 243 g/mol. The van der Waals surface area contributed by atoms with E-state index in [0.717, 1.165) is 12.8 Å². The van der Waals surface area contributed by atoms with Gasteiger partial charge in [0.05, 0.1) is 6.33 Å². The third kappa shape index (κ3) is 1.99. The first kappa shape index (κ1) is 11.6. The predicted molar refractivity (Wildman–Crippen MR) is 60.4 cm³/mol. The van der Waals surface area contributed by atoms with Crippen molar-refractivity contribution in [2.75, 3.05) is 13.1 Å². The zero-order chi connectivity index (χ0) is 11.8. The van der Waals surface area contributed by atoms with E-state index >= 15 is 0 Å². The summed E-state index contributed by atoms with van der Waals surface area (Å²) in [6, 6.07) is 0. The van der Waals surface area contributed by atoms with Gasteiger partial charge in [-0.15, -0.1) is 0 Å². The van der Waals surface area contributed by atoms with Gasteiger partial charge in [-0.05, 0) is 12.3 Å². The van der Waals surface area contributed by atoms with Crippen molar-refractivity contribution in [2.45, 2.75) is 24.8 Å². The maximum Gasteiger partial charge on any atom is 0.262 e. The zero-order valence-corrected chi connectivity index (χ0v) is 10.4. The van der Waals surface area contributed by atoms with Gasteiger partial charge in [-0.1, -0.05) is 13.3 Å². The first-order valence-corrected chi connectivity index (χ1v) is 6.96. The van der Waals surface area contributed by atoms with E-state index in [1.54, 1.807) is 22.1 Å². The average Bonchev–Trinajstić information content (AvgIpc) is 2.85. The standard InChI is InChI=1S/C10H17N3O2S/c1-3-9-4-5-13(6-9)16(14,15)10-7-12(2)8-11-10/h7-9H,3-6H2,1-2H3. The highest BCUT2D eigenvalue weighted by molar-refractivity contribution is 7.89. The predicted octanol–water partition coefficient (Wildman–Crippen LogP) is 0.841. The Morgan fingerprint density at radius 3 is 2.81 bits per heavy atom. The minimum absolute atomic E-state index is 0.159. The number of nitrogens with zero attached hydrogens (tertiary/aromatic N) is 3. The van der Waals surface area contributed by atoms with E-state index in [4.69, 9.17) is 0 Å². The molecule has 1 aromatic heterocycles. The fourth-order valence-electron chi connectivity index (χ4n) is 2.00. The van der Waals surface area contributed by atoms with Crippen molar-refractivity contribution in [3.05, 3.63) is 12.5 Å². The number of hydrogen-bond acceptors (Lipinski definition) is 3. The summed E-state index contributed by atoms with van der Waals surface area (Å²) in [6.45, 7) is 3.36. The maximum absolute atomic E-state index is 12.2. The second-order valence-corrected chi connectivity index (χ2v) is 6.19. The van der Waals surface area contributed by atoms with Gasteiger partial charge in [0, 0.05) is 26.3 Å². The van der Waals surface area contributed by atoms with Crippen LogP contribution < -0.4 is 0 Å². The quantitative estimate of drug-likeness (QED) is 0.790. The molecule has 0 bridgehead atoms. The van der Waals surface area contributed by atoms with Crippen molar-refractivity contribution >= 4 is 10.0 Å². The smallest absolute Gasteiger partial charge is 0.262 e. The highest BCUT2D eigenvalue weighted by atomic mass is 32.2. The molecule has 0 spiro atoms. The van der Waals surface area contributed by atoms with Gasteiger partial charge in [0.15, 0.2) is 5.03 Å². The Morgan fingerprint density at radius 2 is 2.31 bits per heavy atom. The van der Waals surface area contributed by atoms with E-state index in [9.17, 15) is 8.42 Å². The summed E-state index contributed by atoms with van der Waals surface area (Å²) in [6.07, 6.45) is 5.06. The summed E-state index contributed by atoms with van der Waals surface area (Å²) < 4.78 is 27.5. The van der Waals surface area contributed by atoms with Crippen LogP contribution in [0.25, 0.3) is 0 Å². The number of hydrogen-bond donors (Lipinski definition) is 0. The van der Waals surface area contributed by atoms with Crippen LogP contribution in [0.15, 0.2) is 17.6 Å². The molecule has 1 aliphatic heterocycles. The van der Waals surface area contributed by atoms with Gasteiger partial charge >= 0.3 is 0 Å². The van der Waals surface area contributed by atoms with E-state index in [-0.39, 0.29) is 5.03 Å². The minimum Gasteiger partial charge on any atom is -0.339 e. The molecule has 1 fully saturated rings. The SMILES string of the molecule is CCC1CCN(S(=O)(=O)c2cn(C)cn2)C1. The summed E-state index contributed by atoms with van der Waals surface area (Å²) in [5.74, 6) is 0.499. The van der Waals surface area contributed by atoms with Crippen LogP contribution in [0.5, 0.6) is 0 Å². The molecule has 2 rings (SSSR count). The number of aromatic nitrogens is 2. The van der Waals surface area contributed by atoms with Crippen molar-refractivity contribution in [2.24, 2.45) is 13.0 Å². The molecule has 0 aliphatic carbocycles. The lowest BCUT2D eigenvalue weighted by atomic mass is 10.1. The average molecular weight is 243 g/mol. The van der Waals surface area contributed by atoms with Gasteiger partial charge in [-0.3, -0.25) is 0 Å². The van der Waals surface area contributed by atoms with Crippen LogP contribution in [0, 0.1) is 5.92 Å². The first-order chi connectivity index (χ1) is 7.54. The summed E-state index contributed by atoms with van der Waals surface area (Å²) in [4.78, 5) is 3.92. The molecule has 1 aromatic rings. The van der Waals surface area contributed by atoms with Gasteiger partial charge in [0.1, 0.15) is 0 Å². The van der Waals surface area contributed by atoms with Gasteiger partial charge in [0.25, 0.3) is 10.0 Å². The molecule has 1 unspecified atom stereocenters. The van der Waals surface area contributed by atoms with Crippen molar-refractivity contribution in [3.8, 4) is 0 Å². The van der Waals surface area contributed by atoms with E-state index < -0.39 is 10.0 Å². The highest BCUT2D eigenvalue weighted by Gasteiger charge is 2.32. The summed E-state index contributed by atoms with van der Waals surface area (Å²) >= 11 is 0. The minimum atomic E-state index is -3.36. The lowest BCUT2D eigenvalue weighted by molar-refractivity contribution is 0.451.